The van der Waals surface area contributed by atoms with Gasteiger partial charge in [0.15, 0.2) is 0 Å². The van der Waals surface area contributed by atoms with E-state index in [2.05, 4.69) is 29.3 Å². The van der Waals surface area contributed by atoms with Gasteiger partial charge in [0.05, 0.1) is 0 Å². The second-order valence-electron chi connectivity index (χ2n) is 7.41. The number of nitrogens with zero attached hydrogens (tertiary/aromatic N) is 1. The van der Waals surface area contributed by atoms with Crippen molar-refractivity contribution in [3.05, 3.63) is 30.3 Å². The van der Waals surface area contributed by atoms with Crippen LogP contribution >= 0.6 is 12.4 Å². The molecule has 3 nitrogen and oxygen atoms in total. The summed E-state index contributed by atoms with van der Waals surface area (Å²) < 4.78 is 0. The Labute approximate surface area is 152 Å². The Hall–Kier alpha value is -1.06. The van der Waals surface area contributed by atoms with Gasteiger partial charge in [0.1, 0.15) is 0 Å². The van der Waals surface area contributed by atoms with Gasteiger partial charge in [0.2, 0.25) is 5.91 Å². The highest BCUT2D eigenvalue weighted by Crippen LogP contribution is 2.31. The highest BCUT2D eigenvalue weighted by molar-refractivity contribution is 5.93. The fourth-order valence-electron chi connectivity index (χ4n) is 3.86. The first-order valence-electron chi connectivity index (χ1n) is 9.30. The highest BCUT2D eigenvalue weighted by atomic mass is 35.5. The minimum absolute atomic E-state index is 0. The van der Waals surface area contributed by atoms with Crippen molar-refractivity contribution in [1.82, 2.24) is 5.32 Å². The molecule has 134 valence electrons. The molecular formula is C20H31ClN2O. The van der Waals surface area contributed by atoms with Gasteiger partial charge < -0.3 is 10.2 Å². The summed E-state index contributed by atoms with van der Waals surface area (Å²) in [6, 6.07) is 10.2. The summed E-state index contributed by atoms with van der Waals surface area (Å²) in [5.41, 5.74) is 1.07. The molecule has 1 saturated heterocycles. The lowest BCUT2D eigenvalue weighted by Crippen LogP contribution is -2.39. The zero-order chi connectivity index (χ0) is 16.1. The van der Waals surface area contributed by atoms with Crippen molar-refractivity contribution >= 4 is 24.0 Å². The molecular weight excluding hydrogens is 320 g/mol. The number of nitrogens with one attached hydrogen (secondary N) is 1. The van der Waals surface area contributed by atoms with Crippen molar-refractivity contribution in [3.63, 3.8) is 0 Å². The van der Waals surface area contributed by atoms with Crippen LogP contribution in [0.25, 0.3) is 0 Å². The van der Waals surface area contributed by atoms with E-state index in [0.717, 1.165) is 25.3 Å². The van der Waals surface area contributed by atoms with E-state index in [1.165, 1.54) is 32.1 Å². The average Bonchev–Trinajstić information content (AvgIpc) is 2.55. The van der Waals surface area contributed by atoms with Crippen LogP contribution in [0.1, 0.15) is 45.4 Å². The number of benzene rings is 1. The van der Waals surface area contributed by atoms with Crippen molar-refractivity contribution in [2.24, 2.45) is 17.8 Å². The molecule has 1 aromatic rings. The van der Waals surface area contributed by atoms with Gasteiger partial charge in [-0.25, -0.2) is 0 Å². The standard InChI is InChI=1S/C20H30N2O.ClH/c1-16(18-10-12-21-13-11-18)14-20(23)22(15-17-6-5-7-17)19-8-3-2-4-9-19;/h2-4,8-9,16-18,21H,5-7,10-15H2,1H3;1H. The number of amides is 1. The van der Waals surface area contributed by atoms with Gasteiger partial charge in [-0.3, -0.25) is 4.79 Å². The molecule has 1 amide bonds. The van der Waals surface area contributed by atoms with E-state index in [4.69, 9.17) is 0 Å². The molecule has 1 heterocycles. The molecule has 1 unspecified atom stereocenters. The third kappa shape index (κ3) is 4.97. The number of carbonyl (C=O) groups is 1. The Morgan fingerprint density at radius 3 is 2.42 bits per heavy atom. The second kappa shape index (κ2) is 9.43. The highest BCUT2D eigenvalue weighted by Gasteiger charge is 2.28. The van der Waals surface area contributed by atoms with Crippen LogP contribution in [-0.2, 0) is 4.79 Å². The zero-order valence-electron chi connectivity index (χ0n) is 14.7. The maximum absolute atomic E-state index is 13.0. The summed E-state index contributed by atoms with van der Waals surface area (Å²) in [6.07, 6.45) is 6.99. The maximum Gasteiger partial charge on any atom is 0.227 e. The van der Waals surface area contributed by atoms with Crippen molar-refractivity contribution < 1.29 is 4.79 Å². The average molecular weight is 351 g/mol. The van der Waals surface area contributed by atoms with Crippen molar-refractivity contribution in [2.45, 2.75) is 45.4 Å². The van der Waals surface area contributed by atoms with Gasteiger partial charge in [-0.1, -0.05) is 31.5 Å². The lowest BCUT2D eigenvalue weighted by Gasteiger charge is -2.34. The van der Waals surface area contributed by atoms with Crippen LogP contribution in [0.4, 0.5) is 5.69 Å². The molecule has 1 aliphatic heterocycles. The molecule has 0 radical (unpaired) electrons. The molecule has 1 N–H and O–H groups in total. The van der Waals surface area contributed by atoms with Gasteiger partial charge in [0.25, 0.3) is 0 Å². The normalized spacial score (nSPS) is 19.9. The van der Waals surface area contributed by atoms with Gasteiger partial charge in [-0.05, 0) is 68.7 Å². The molecule has 2 fully saturated rings. The Bertz CT molecular complexity index is 498. The first-order valence-corrected chi connectivity index (χ1v) is 9.30. The predicted molar refractivity (Wildman–Crippen MR) is 103 cm³/mol. The van der Waals surface area contributed by atoms with Crippen molar-refractivity contribution in [3.8, 4) is 0 Å². The molecule has 1 atom stereocenters. The van der Waals surface area contributed by atoms with E-state index in [1.807, 2.05) is 18.2 Å². The Balaban J connectivity index is 0.00000208. The van der Waals surface area contributed by atoms with Crippen molar-refractivity contribution in [1.29, 1.82) is 0 Å². The van der Waals surface area contributed by atoms with Crippen LogP contribution in [0, 0.1) is 17.8 Å². The molecule has 0 aromatic heterocycles. The van der Waals surface area contributed by atoms with Crippen LogP contribution < -0.4 is 10.2 Å². The number of anilines is 1. The van der Waals surface area contributed by atoms with E-state index in [1.54, 1.807) is 0 Å². The largest absolute Gasteiger partial charge is 0.317 e. The third-order valence-corrected chi connectivity index (χ3v) is 5.72. The molecule has 2 aliphatic rings. The van der Waals surface area contributed by atoms with Gasteiger partial charge in [0, 0.05) is 18.7 Å². The van der Waals surface area contributed by atoms with Crippen LogP contribution in [0.2, 0.25) is 0 Å². The lowest BCUT2D eigenvalue weighted by atomic mass is 9.83. The topological polar surface area (TPSA) is 32.3 Å². The number of halogens is 1. The van der Waals surface area contributed by atoms with Crippen LogP contribution in [0.3, 0.4) is 0 Å². The maximum atomic E-state index is 13.0. The van der Waals surface area contributed by atoms with Gasteiger partial charge >= 0.3 is 0 Å². The zero-order valence-corrected chi connectivity index (χ0v) is 15.6. The number of hydrogen-bond acceptors (Lipinski definition) is 2. The number of piperidine rings is 1. The molecule has 0 bridgehead atoms. The Kier molecular flexibility index (Phi) is 7.57. The second-order valence-corrected chi connectivity index (χ2v) is 7.41. The summed E-state index contributed by atoms with van der Waals surface area (Å²) in [5, 5.41) is 3.42. The molecule has 1 saturated carbocycles. The smallest absolute Gasteiger partial charge is 0.227 e. The quantitative estimate of drug-likeness (QED) is 0.831. The lowest BCUT2D eigenvalue weighted by molar-refractivity contribution is -0.120. The molecule has 24 heavy (non-hydrogen) atoms. The van der Waals surface area contributed by atoms with Gasteiger partial charge in [-0.2, -0.15) is 0 Å². The van der Waals surface area contributed by atoms with E-state index in [9.17, 15) is 4.79 Å². The van der Waals surface area contributed by atoms with E-state index >= 15 is 0 Å². The Morgan fingerprint density at radius 2 is 1.83 bits per heavy atom. The molecule has 4 heteroatoms. The fraction of sp³-hybridized carbons (Fsp3) is 0.650. The van der Waals surface area contributed by atoms with E-state index < -0.39 is 0 Å². The minimum Gasteiger partial charge on any atom is -0.317 e. The van der Waals surface area contributed by atoms with E-state index in [0.29, 0.717) is 30.1 Å². The number of carbonyl (C=O) groups excluding carboxylic acids is 1. The monoisotopic (exact) mass is 350 g/mol. The fourth-order valence-corrected chi connectivity index (χ4v) is 3.86. The van der Waals surface area contributed by atoms with Crippen molar-refractivity contribution in [2.75, 3.05) is 24.5 Å². The molecule has 1 aliphatic carbocycles. The first kappa shape index (κ1) is 19.3. The van der Waals surface area contributed by atoms with Gasteiger partial charge in [-0.15, -0.1) is 12.4 Å². The van der Waals surface area contributed by atoms with Crippen LogP contribution in [-0.4, -0.2) is 25.5 Å². The predicted octanol–water partition coefficient (Wildman–Crippen LogP) is 4.27. The number of hydrogen-bond donors (Lipinski definition) is 1. The first-order chi connectivity index (χ1) is 11.2. The van der Waals surface area contributed by atoms with E-state index in [-0.39, 0.29) is 12.4 Å². The van der Waals surface area contributed by atoms with Crippen LogP contribution in [0.5, 0.6) is 0 Å². The molecule has 3 rings (SSSR count). The summed E-state index contributed by atoms with van der Waals surface area (Å²) in [7, 11) is 0. The molecule has 1 aromatic carbocycles. The number of rotatable bonds is 6. The number of para-hydroxylation sites is 1. The third-order valence-electron chi connectivity index (χ3n) is 5.72. The Morgan fingerprint density at radius 1 is 1.17 bits per heavy atom. The summed E-state index contributed by atoms with van der Waals surface area (Å²) in [6.45, 7) is 5.38. The summed E-state index contributed by atoms with van der Waals surface area (Å²) >= 11 is 0. The summed E-state index contributed by atoms with van der Waals surface area (Å²) in [4.78, 5) is 15.0. The minimum atomic E-state index is 0. The SMILES string of the molecule is CC(CC(=O)N(CC1CCC1)c1ccccc1)C1CCNCC1.Cl. The van der Waals surface area contributed by atoms with Crippen LogP contribution in [0.15, 0.2) is 30.3 Å². The summed E-state index contributed by atoms with van der Waals surface area (Å²) in [5.74, 6) is 2.20. The molecule has 0 spiro atoms.